The number of benzene rings is 14. The molecule has 5 heterocycles. The Kier molecular flexibility index (Phi) is 14.2. The van der Waals surface area contributed by atoms with Crippen molar-refractivity contribution in [3.05, 3.63) is 314 Å². The monoisotopic (exact) mass is 1350 g/mol. The number of nitrogens with zero attached hydrogens (tertiary/aromatic N) is 3. The maximum absolute atomic E-state index is 2.77. The first-order chi connectivity index (χ1) is 49.5. The van der Waals surface area contributed by atoms with Gasteiger partial charge in [-0.15, -0.1) is 22.7 Å². The van der Waals surface area contributed by atoms with Crippen LogP contribution < -0.4 is 26.2 Å². The first kappa shape index (κ1) is 62.0. The van der Waals surface area contributed by atoms with Crippen LogP contribution in [0.3, 0.4) is 0 Å². The highest BCUT2D eigenvalue weighted by Crippen LogP contribution is 2.56. The zero-order chi connectivity index (χ0) is 69.1. The Morgan fingerprint density at radius 1 is 0.275 bits per heavy atom. The summed E-state index contributed by atoms with van der Waals surface area (Å²) in [5.74, 6) is 0. The van der Waals surface area contributed by atoms with E-state index in [1.165, 1.54) is 179 Å². The van der Waals surface area contributed by atoms with E-state index >= 15 is 0 Å². The smallest absolute Gasteiger partial charge is 0.252 e. The molecule has 0 atom stereocenters. The fraction of sp³-hybridized carbons (Fsp3) is 0.125. The molecule has 0 aliphatic carbocycles. The average molecular weight is 1350 g/mol. The molecule has 0 fully saturated rings. The predicted octanol–water partition coefficient (Wildman–Crippen LogP) is 25.8. The van der Waals surface area contributed by atoms with Crippen molar-refractivity contribution in [3.63, 3.8) is 0 Å². The number of anilines is 6. The highest BCUT2D eigenvalue weighted by molar-refractivity contribution is 7.26. The van der Waals surface area contributed by atoms with Crippen LogP contribution >= 0.6 is 22.7 Å². The van der Waals surface area contributed by atoms with Crippen LogP contribution in [0.2, 0.25) is 0 Å². The number of fused-ring (bicyclic) bond motifs is 13. The molecule has 2 aliphatic rings. The Morgan fingerprint density at radius 3 is 1.31 bits per heavy atom. The van der Waals surface area contributed by atoms with E-state index in [1.54, 1.807) is 0 Å². The van der Waals surface area contributed by atoms with Gasteiger partial charge in [-0.25, -0.2) is 0 Å². The van der Waals surface area contributed by atoms with Gasteiger partial charge in [-0.1, -0.05) is 281 Å². The summed E-state index contributed by atoms with van der Waals surface area (Å²) in [4.78, 5) is 5.52. The largest absolute Gasteiger partial charge is 0.310 e. The summed E-state index contributed by atoms with van der Waals surface area (Å²) in [7, 11) is 0. The number of para-hydroxylation sites is 1. The topological polar surface area (TPSA) is 11.4 Å². The number of hydrogen-bond acceptors (Lipinski definition) is 4. The van der Waals surface area contributed by atoms with Crippen LogP contribution in [0.1, 0.15) is 79.0 Å². The molecule has 490 valence electrons. The lowest BCUT2D eigenvalue weighted by Crippen LogP contribution is -2.61. The van der Waals surface area contributed by atoms with Crippen molar-refractivity contribution in [1.29, 1.82) is 0 Å². The van der Waals surface area contributed by atoms with E-state index in [0.717, 1.165) is 11.4 Å². The molecule has 0 amide bonds. The minimum atomic E-state index is -0.300. The highest BCUT2D eigenvalue weighted by atomic mass is 32.1. The standard InChI is InChI=1S/C96H76BN3S2/c1-94(2,3)67-33-23-31-65(52-67)71-44-49-87-89(74-36-17-20-39-85(74)101-87)92(71)99-81-48-42-64(62-30-22-29-61(51-62)59-25-12-10-13-26-59)55-78(81)97-77-46-43-70(98-79-38-19-16-35-73(79)76-54-63(41-47-80(76)98)60-27-14-11-15-28-60)58-82(77)100(84-57-69(96(7,8)9)56-83(99)91(84)97)93-72(66-32-24-34-68(53-66)95(4,5)6)45-50-88-90(93)75-37-18-21-40-86(75)102-88/h10-58H,1-9H3. The zero-order valence-corrected chi connectivity index (χ0v) is 60.7. The van der Waals surface area contributed by atoms with Gasteiger partial charge in [0.1, 0.15) is 0 Å². The van der Waals surface area contributed by atoms with Crippen molar-refractivity contribution in [1.82, 2.24) is 4.57 Å². The maximum atomic E-state index is 2.77. The Bertz CT molecular complexity index is 6290. The second-order valence-corrected chi connectivity index (χ2v) is 33.4. The summed E-state index contributed by atoms with van der Waals surface area (Å²) in [5, 5.41) is 7.50. The van der Waals surface area contributed by atoms with E-state index in [2.05, 4.69) is 374 Å². The van der Waals surface area contributed by atoms with Crippen LogP contribution in [0.4, 0.5) is 34.1 Å². The molecule has 6 heteroatoms. The van der Waals surface area contributed by atoms with Crippen molar-refractivity contribution in [2.24, 2.45) is 0 Å². The van der Waals surface area contributed by atoms with E-state index in [4.69, 9.17) is 0 Å². The summed E-state index contributed by atoms with van der Waals surface area (Å²) in [5.41, 5.74) is 29.7. The number of hydrogen-bond donors (Lipinski definition) is 0. The van der Waals surface area contributed by atoms with Crippen LogP contribution in [-0.4, -0.2) is 11.3 Å². The summed E-state index contributed by atoms with van der Waals surface area (Å²) in [6.07, 6.45) is 0. The molecular weight excluding hydrogens is 1270 g/mol. The van der Waals surface area contributed by atoms with Gasteiger partial charge in [0.05, 0.1) is 22.4 Å². The normalized spacial score (nSPS) is 13.1. The van der Waals surface area contributed by atoms with Gasteiger partial charge < -0.3 is 14.4 Å². The Balaban J connectivity index is 0.980. The molecule has 2 aliphatic heterocycles. The molecule has 17 aromatic rings. The molecule has 102 heavy (non-hydrogen) atoms. The quantitative estimate of drug-likeness (QED) is 0.141. The molecule has 0 N–H and O–H groups in total. The van der Waals surface area contributed by atoms with Crippen molar-refractivity contribution >= 4 is 142 Å². The van der Waals surface area contributed by atoms with Gasteiger partial charge in [0, 0.05) is 90.7 Å². The predicted molar refractivity (Wildman–Crippen MR) is 444 cm³/mol. The lowest BCUT2D eigenvalue weighted by atomic mass is 9.33. The van der Waals surface area contributed by atoms with E-state index < -0.39 is 0 Å². The lowest BCUT2D eigenvalue weighted by Gasteiger charge is -2.46. The Labute approximate surface area is 606 Å². The third-order valence-corrected chi connectivity index (χ3v) is 24.1. The van der Waals surface area contributed by atoms with Gasteiger partial charge in [-0.05, 0) is 173 Å². The van der Waals surface area contributed by atoms with Gasteiger partial charge in [-0.2, -0.15) is 0 Å². The molecule has 0 saturated heterocycles. The van der Waals surface area contributed by atoms with E-state index in [-0.39, 0.29) is 23.0 Å². The number of thiophene rings is 2. The van der Waals surface area contributed by atoms with Crippen LogP contribution in [0.5, 0.6) is 0 Å². The fourth-order valence-corrected chi connectivity index (χ4v) is 18.8. The van der Waals surface area contributed by atoms with Gasteiger partial charge >= 0.3 is 0 Å². The maximum Gasteiger partial charge on any atom is 0.252 e. The second kappa shape index (κ2) is 23.3. The van der Waals surface area contributed by atoms with E-state index in [0.29, 0.717) is 0 Å². The lowest BCUT2D eigenvalue weighted by molar-refractivity contribution is 0.590. The van der Waals surface area contributed by atoms with Crippen LogP contribution in [0.15, 0.2) is 297 Å². The third-order valence-electron chi connectivity index (χ3n) is 21.8. The molecular formula is C96H76BN3S2. The van der Waals surface area contributed by atoms with E-state index in [9.17, 15) is 0 Å². The molecule has 0 spiro atoms. The van der Waals surface area contributed by atoms with Crippen molar-refractivity contribution < 1.29 is 0 Å². The molecule has 0 unspecified atom stereocenters. The first-order valence-electron chi connectivity index (χ1n) is 35.9. The van der Waals surface area contributed by atoms with E-state index in [1.807, 2.05) is 22.7 Å². The molecule has 0 saturated carbocycles. The first-order valence-corrected chi connectivity index (χ1v) is 37.5. The van der Waals surface area contributed by atoms with Gasteiger partial charge in [-0.3, -0.25) is 0 Å². The minimum absolute atomic E-state index is 0.0810. The minimum Gasteiger partial charge on any atom is -0.310 e. The Morgan fingerprint density at radius 2 is 0.735 bits per heavy atom. The summed E-state index contributed by atoms with van der Waals surface area (Å²) in [6.45, 7) is 21.0. The third kappa shape index (κ3) is 9.96. The van der Waals surface area contributed by atoms with Crippen molar-refractivity contribution in [2.45, 2.75) is 78.6 Å². The molecule has 0 bridgehead atoms. The second-order valence-electron chi connectivity index (χ2n) is 31.2. The van der Waals surface area contributed by atoms with Gasteiger partial charge in [0.25, 0.3) is 6.71 Å². The average Bonchev–Trinajstić information content (AvgIpc) is 0.937. The molecule has 3 aromatic heterocycles. The summed E-state index contributed by atoms with van der Waals surface area (Å²) in [6, 6.07) is 114. The molecule has 3 nitrogen and oxygen atoms in total. The van der Waals surface area contributed by atoms with Crippen molar-refractivity contribution in [2.75, 3.05) is 9.80 Å². The SMILES string of the molecule is CC(C)(C)c1cccc(-c2ccc3sc4ccccc4c3c2N2c3ccc(-c4cccc(-c5ccccc5)c4)cc3B3c4ccc(-n5c6ccccc6c6cc(-c7ccccc7)ccc65)cc4N(c4c(-c5cccc(C(C)(C)C)c5)ccc5sc6ccccc6c45)c4cc(C(C)(C)C)cc2c43)c1. The van der Waals surface area contributed by atoms with Crippen LogP contribution in [0.25, 0.3) is 123 Å². The van der Waals surface area contributed by atoms with Gasteiger partial charge in [0.2, 0.25) is 0 Å². The molecule has 14 aromatic carbocycles. The summed E-state index contributed by atoms with van der Waals surface area (Å²) < 4.78 is 7.60. The molecule has 0 radical (unpaired) electrons. The highest BCUT2D eigenvalue weighted by Gasteiger charge is 2.46. The van der Waals surface area contributed by atoms with Crippen LogP contribution in [0, 0.1) is 0 Å². The molecule has 19 rings (SSSR count). The Hall–Kier alpha value is -11.0. The number of rotatable bonds is 8. The fourth-order valence-electron chi connectivity index (χ4n) is 16.6. The van der Waals surface area contributed by atoms with Crippen LogP contribution in [-0.2, 0) is 16.2 Å². The number of aromatic nitrogens is 1. The van der Waals surface area contributed by atoms with Gasteiger partial charge in [0.15, 0.2) is 0 Å². The zero-order valence-electron chi connectivity index (χ0n) is 59.0. The summed E-state index contributed by atoms with van der Waals surface area (Å²) >= 11 is 3.80. The van der Waals surface area contributed by atoms with Crippen molar-refractivity contribution in [3.8, 4) is 61.3 Å².